The maximum Gasteiger partial charge on any atom is 0.0831 e. The summed E-state index contributed by atoms with van der Waals surface area (Å²) < 4.78 is 6.05. The normalized spacial score (nSPS) is 23.5. The highest BCUT2D eigenvalue weighted by molar-refractivity contribution is 4.98. The minimum atomic E-state index is 0.0624. The lowest BCUT2D eigenvalue weighted by molar-refractivity contribution is -0.0894. The van der Waals surface area contributed by atoms with E-state index >= 15 is 0 Å². The van der Waals surface area contributed by atoms with Gasteiger partial charge in [-0.25, -0.2) is 0 Å². The van der Waals surface area contributed by atoms with Crippen LogP contribution in [0, 0.1) is 11.3 Å². The molecular formula is C17H35NO. The molecule has 1 saturated carbocycles. The van der Waals surface area contributed by atoms with Crippen LogP contribution in [-0.2, 0) is 4.74 Å². The third kappa shape index (κ3) is 4.19. The highest BCUT2D eigenvalue weighted by atomic mass is 16.5. The number of hydrogen-bond acceptors (Lipinski definition) is 2. The van der Waals surface area contributed by atoms with Gasteiger partial charge in [-0.2, -0.15) is 0 Å². The Hall–Kier alpha value is -0.0800. The van der Waals surface area contributed by atoms with Crippen LogP contribution in [0.4, 0.5) is 0 Å². The average Bonchev–Trinajstić information content (AvgIpc) is 2.42. The Balaban J connectivity index is 2.75. The summed E-state index contributed by atoms with van der Waals surface area (Å²) in [6, 6.07) is 0.499. The molecule has 1 atom stereocenters. The molecule has 19 heavy (non-hydrogen) atoms. The molecule has 1 aliphatic rings. The van der Waals surface area contributed by atoms with Crippen LogP contribution in [0.3, 0.4) is 0 Å². The third-order valence-electron chi connectivity index (χ3n) is 5.56. The van der Waals surface area contributed by atoms with Crippen molar-refractivity contribution < 1.29 is 4.74 Å². The zero-order chi connectivity index (χ0) is 14.5. The number of likely N-dealkylation sites (N-methyl/N-ethyl adjacent to an activating group) is 1. The summed E-state index contributed by atoms with van der Waals surface area (Å²) >= 11 is 0. The molecule has 2 heteroatoms. The predicted molar refractivity (Wildman–Crippen MR) is 83.5 cm³/mol. The molecule has 1 fully saturated rings. The Morgan fingerprint density at radius 1 is 1.05 bits per heavy atom. The molecule has 0 amide bonds. The van der Waals surface area contributed by atoms with Gasteiger partial charge in [-0.05, 0) is 50.5 Å². The lowest BCUT2D eigenvalue weighted by atomic mass is 9.67. The SMILES string of the molecule is CCC(CC)CC(NC)C1(OC)CCC(C)(C)CC1. The van der Waals surface area contributed by atoms with Gasteiger partial charge in [0.1, 0.15) is 0 Å². The van der Waals surface area contributed by atoms with Gasteiger partial charge in [0, 0.05) is 13.2 Å². The Bertz CT molecular complexity index is 248. The van der Waals surface area contributed by atoms with Gasteiger partial charge in [-0.1, -0.05) is 40.5 Å². The van der Waals surface area contributed by atoms with Crippen molar-refractivity contribution in [3.8, 4) is 0 Å². The Morgan fingerprint density at radius 2 is 1.58 bits per heavy atom. The Labute approximate surface area is 120 Å². The fourth-order valence-corrected chi connectivity index (χ4v) is 3.60. The maximum atomic E-state index is 6.05. The number of nitrogens with one attached hydrogen (secondary N) is 1. The summed E-state index contributed by atoms with van der Waals surface area (Å²) in [5.74, 6) is 0.819. The molecule has 0 aromatic rings. The van der Waals surface area contributed by atoms with E-state index in [-0.39, 0.29) is 5.60 Å². The smallest absolute Gasteiger partial charge is 0.0831 e. The lowest BCUT2D eigenvalue weighted by Crippen LogP contribution is -2.54. The van der Waals surface area contributed by atoms with Crippen molar-refractivity contribution in [2.24, 2.45) is 11.3 Å². The molecule has 0 saturated heterocycles. The van der Waals surface area contributed by atoms with Crippen LogP contribution in [0.15, 0.2) is 0 Å². The molecule has 2 nitrogen and oxygen atoms in total. The summed E-state index contributed by atoms with van der Waals surface area (Å²) in [5.41, 5.74) is 0.558. The zero-order valence-electron chi connectivity index (χ0n) is 14.0. The molecule has 0 aromatic heterocycles. The highest BCUT2D eigenvalue weighted by Gasteiger charge is 2.43. The third-order valence-corrected chi connectivity index (χ3v) is 5.56. The average molecular weight is 269 g/mol. The van der Waals surface area contributed by atoms with Crippen molar-refractivity contribution in [1.29, 1.82) is 0 Å². The molecule has 0 bridgehead atoms. The minimum Gasteiger partial charge on any atom is -0.377 e. The molecule has 0 radical (unpaired) electrons. The van der Waals surface area contributed by atoms with Gasteiger partial charge in [0.2, 0.25) is 0 Å². The second kappa shape index (κ2) is 7.08. The highest BCUT2D eigenvalue weighted by Crippen LogP contribution is 2.44. The van der Waals surface area contributed by atoms with E-state index < -0.39 is 0 Å². The Morgan fingerprint density at radius 3 is 1.95 bits per heavy atom. The van der Waals surface area contributed by atoms with Crippen molar-refractivity contribution in [2.45, 2.75) is 84.3 Å². The summed E-state index contributed by atoms with van der Waals surface area (Å²) in [6.45, 7) is 9.40. The number of ether oxygens (including phenoxy) is 1. The van der Waals surface area contributed by atoms with E-state index in [4.69, 9.17) is 4.74 Å². The molecular weight excluding hydrogens is 234 g/mol. The molecule has 1 unspecified atom stereocenters. The van der Waals surface area contributed by atoms with Crippen molar-refractivity contribution >= 4 is 0 Å². The lowest BCUT2D eigenvalue weighted by Gasteiger charge is -2.47. The van der Waals surface area contributed by atoms with Gasteiger partial charge >= 0.3 is 0 Å². The molecule has 1 rings (SSSR count). The first-order valence-corrected chi connectivity index (χ1v) is 8.15. The zero-order valence-corrected chi connectivity index (χ0v) is 14.0. The van der Waals surface area contributed by atoms with E-state index in [9.17, 15) is 0 Å². The van der Waals surface area contributed by atoms with Gasteiger partial charge in [0.15, 0.2) is 0 Å². The summed E-state index contributed by atoms with van der Waals surface area (Å²) in [6.07, 6.45) is 8.76. The fourth-order valence-electron chi connectivity index (χ4n) is 3.60. The first kappa shape index (κ1) is 17.0. The molecule has 0 heterocycles. The Kier molecular flexibility index (Phi) is 6.32. The van der Waals surface area contributed by atoms with Crippen LogP contribution < -0.4 is 5.32 Å². The molecule has 0 aromatic carbocycles. The van der Waals surface area contributed by atoms with Crippen LogP contribution in [0.2, 0.25) is 0 Å². The van der Waals surface area contributed by atoms with Gasteiger partial charge in [-0.3, -0.25) is 0 Å². The van der Waals surface area contributed by atoms with Gasteiger partial charge < -0.3 is 10.1 Å². The van der Waals surface area contributed by atoms with E-state index in [0.29, 0.717) is 11.5 Å². The van der Waals surface area contributed by atoms with E-state index in [1.807, 2.05) is 7.11 Å². The van der Waals surface area contributed by atoms with E-state index in [1.54, 1.807) is 0 Å². The molecule has 0 aliphatic heterocycles. The van der Waals surface area contributed by atoms with Gasteiger partial charge in [0.25, 0.3) is 0 Å². The largest absolute Gasteiger partial charge is 0.377 e. The molecule has 114 valence electrons. The maximum absolute atomic E-state index is 6.05. The van der Waals surface area contributed by atoms with Crippen molar-refractivity contribution in [3.63, 3.8) is 0 Å². The predicted octanol–water partition coefficient (Wildman–Crippen LogP) is 4.39. The van der Waals surface area contributed by atoms with Crippen LogP contribution in [0.5, 0.6) is 0 Å². The van der Waals surface area contributed by atoms with Gasteiger partial charge in [-0.15, -0.1) is 0 Å². The van der Waals surface area contributed by atoms with Gasteiger partial charge in [0.05, 0.1) is 5.60 Å². The van der Waals surface area contributed by atoms with Crippen molar-refractivity contribution in [3.05, 3.63) is 0 Å². The van der Waals surface area contributed by atoms with Crippen LogP contribution in [0.1, 0.15) is 72.6 Å². The van der Waals surface area contributed by atoms with E-state index in [0.717, 1.165) is 5.92 Å². The molecule has 1 N–H and O–H groups in total. The first-order chi connectivity index (χ1) is 8.93. The van der Waals surface area contributed by atoms with Crippen LogP contribution in [-0.4, -0.2) is 25.8 Å². The number of methoxy groups -OCH3 is 1. The number of hydrogen-bond donors (Lipinski definition) is 1. The second-order valence-corrected chi connectivity index (χ2v) is 7.19. The second-order valence-electron chi connectivity index (χ2n) is 7.19. The van der Waals surface area contributed by atoms with Crippen molar-refractivity contribution in [2.75, 3.05) is 14.2 Å². The minimum absolute atomic E-state index is 0.0624. The summed E-state index contributed by atoms with van der Waals surface area (Å²) in [5, 5.41) is 3.56. The molecule has 1 aliphatic carbocycles. The number of rotatable bonds is 7. The fraction of sp³-hybridized carbons (Fsp3) is 1.00. The standard InChI is InChI=1S/C17H35NO/c1-7-14(8-2)13-15(18-5)17(19-6)11-9-16(3,4)10-12-17/h14-15,18H,7-13H2,1-6H3. The topological polar surface area (TPSA) is 21.3 Å². The van der Waals surface area contributed by atoms with Crippen LogP contribution >= 0.6 is 0 Å². The monoisotopic (exact) mass is 269 g/mol. The summed E-state index contributed by atoms with van der Waals surface area (Å²) in [4.78, 5) is 0. The quantitative estimate of drug-likeness (QED) is 0.740. The van der Waals surface area contributed by atoms with E-state index in [2.05, 4.69) is 40.1 Å². The van der Waals surface area contributed by atoms with E-state index in [1.165, 1.54) is 44.9 Å². The van der Waals surface area contributed by atoms with Crippen molar-refractivity contribution in [1.82, 2.24) is 5.32 Å². The summed E-state index contributed by atoms with van der Waals surface area (Å²) in [7, 11) is 4.02. The molecule has 0 spiro atoms. The first-order valence-electron chi connectivity index (χ1n) is 8.15. The van der Waals surface area contributed by atoms with Crippen LogP contribution in [0.25, 0.3) is 0 Å².